The van der Waals surface area contributed by atoms with Gasteiger partial charge in [-0.3, -0.25) is 4.79 Å². The minimum Gasteiger partial charge on any atom is -0.373 e. The molecular formula is C16H23N3O. The molecule has 1 fully saturated rings. The summed E-state index contributed by atoms with van der Waals surface area (Å²) in [7, 11) is 4.20. The van der Waals surface area contributed by atoms with Crippen LogP contribution >= 0.6 is 0 Å². The van der Waals surface area contributed by atoms with E-state index in [4.69, 9.17) is 0 Å². The van der Waals surface area contributed by atoms with Crippen molar-refractivity contribution in [3.8, 4) is 0 Å². The van der Waals surface area contributed by atoms with E-state index in [1.807, 2.05) is 17.0 Å². The van der Waals surface area contributed by atoms with E-state index in [1.165, 1.54) is 12.0 Å². The van der Waals surface area contributed by atoms with E-state index in [-0.39, 0.29) is 11.9 Å². The van der Waals surface area contributed by atoms with Gasteiger partial charge in [0.2, 0.25) is 5.91 Å². The SMILES string of the molecule is CN(C)[C@H]1CCCN(C(=O)[C@@H]2Cc3ccccc3N2)C1. The molecule has 0 saturated carbocycles. The van der Waals surface area contributed by atoms with Crippen molar-refractivity contribution in [2.24, 2.45) is 0 Å². The number of likely N-dealkylation sites (N-methyl/N-ethyl adjacent to an activating group) is 1. The third kappa shape index (κ3) is 2.52. The Bertz CT molecular complexity index is 475. The first kappa shape index (κ1) is 13.4. The third-order valence-corrected chi connectivity index (χ3v) is 4.51. The molecule has 3 rings (SSSR count). The fourth-order valence-electron chi connectivity index (χ4n) is 3.24. The number of nitrogens with one attached hydrogen (secondary N) is 1. The summed E-state index contributed by atoms with van der Waals surface area (Å²) < 4.78 is 0. The maximum absolute atomic E-state index is 12.7. The summed E-state index contributed by atoms with van der Waals surface area (Å²) in [5.74, 6) is 0.257. The van der Waals surface area contributed by atoms with Crippen molar-refractivity contribution in [1.29, 1.82) is 0 Å². The Labute approximate surface area is 120 Å². The maximum atomic E-state index is 12.7. The van der Waals surface area contributed by atoms with Crippen molar-refractivity contribution in [1.82, 2.24) is 9.80 Å². The molecule has 2 aliphatic heterocycles. The van der Waals surface area contributed by atoms with Crippen molar-refractivity contribution in [3.63, 3.8) is 0 Å². The van der Waals surface area contributed by atoms with Crippen LogP contribution in [0.4, 0.5) is 5.69 Å². The lowest BCUT2D eigenvalue weighted by molar-refractivity contribution is -0.133. The van der Waals surface area contributed by atoms with Gasteiger partial charge in [-0.15, -0.1) is 0 Å². The average Bonchev–Trinajstić information content (AvgIpc) is 2.90. The maximum Gasteiger partial charge on any atom is 0.245 e. The van der Waals surface area contributed by atoms with Crippen molar-refractivity contribution in [3.05, 3.63) is 29.8 Å². The molecule has 1 saturated heterocycles. The second kappa shape index (κ2) is 5.44. The third-order valence-electron chi connectivity index (χ3n) is 4.51. The first-order valence-electron chi connectivity index (χ1n) is 7.45. The number of nitrogens with zero attached hydrogens (tertiary/aromatic N) is 2. The van der Waals surface area contributed by atoms with Gasteiger partial charge in [-0.1, -0.05) is 18.2 Å². The zero-order valence-corrected chi connectivity index (χ0v) is 12.3. The summed E-state index contributed by atoms with van der Waals surface area (Å²) in [6, 6.07) is 8.64. The predicted molar refractivity (Wildman–Crippen MR) is 80.8 cm³/mol. The molecule has 1 aromatic rings. The quantitative estimate of drug-likeness (QED) is 0.888. The molecule has 1 N–H and O–H groups in total. The first-order chi connectivity index (χ1) is 9.65. The molecule has 0 unspecified atom stereocenters. The normalized spacial score (nSPS) is 25.4. The van der Waals surface area contributed by atoms with Crippen molar-refractivity contribution in [2.75, 3.05) is 32.5 Å². The van der Waals surface area contributed by atoms with Crippen molar-refractivity contribution in [2.45, 2.75) is 31.3 Å². The van der Waals surface area contributed by atoms with E-state index in [2.05, 4.69) is 36.4 Å². The van der Waals surface area contributed by atoms with Gasteiger partial charge in [-0.05, 0) is 38.6 Å². The topological polar surface area (TPSA) is 35.6 Å². The van der Waals surface area contributed by atoms with Crippen LogP contribution in [0.15, 0.2) is 24.3 Å². The second-order valence-electron chi connectivity index (χ2n) is 6.10. The number of hydrogen-bond donors (Lipinski definition) is 1. The molecule has 0 radical (unpaired) electrons. The second-order valence-corrected chi connectivity index (χ2v) is 6.10. The lowest BCUT2D eigenvalue weighted by Crippen LogP contribution is -2.51. The number of carbonyl (C=O) groups excluding carboxylic acids is 1. The Hall–Kier alpha value is -1.55. The summed E-state index contributed by atoms with van der Waals surface area (Å²) in [6.45, 7) is 1.76. The zero-order chi connectivity index (χ0) is 14.1. The highest BCUT2D eigenvalue weighted by Crippen LogP contribution is 2.27. The molecule has 1 amide bonds. The van der Waals surface area contributed by atoms with E-state index in [0.29, 0.717) is 6.04 Å². The van der Waals surface area contributed by atoms with Gasteiger partial charge in [0.25, 0.3) is 0 Å². The van der Waals surface area contributed by atoms with Gasteiger partial charge in [0.1, 0.15) is 6.04 Å². The fraction of sp³-hybridized carbons (Fsp3) is 0.562. The molecule has 0 aliphatic carbocycles. The van der Waals surface area contributed by atoms with Crippen LogP contribution in [-0.4, -0.2) is 55.0 Å². The average molecular weight is 273 g/mol. The summed E-state index contributed by atoms with van der Waals surface area (Å²) in [4.78, 5) is 17.0. The fourth-order valence-corrected chi connectivity index (χ4v) is 3.24. The van der Waals surface area contributed by atoms with E-state index in [0.717, 1.165) is 31.6 Å². The van der Waals surface area contributed by atoms with Crippen molar-refractivity contribution >= 4 is 11.6 Å². The van der Waals surface area contributed by atoms with E-state index >= 15 is 0 Å². The molecule has 4 nitrogen and oxygen atoms in total. The monoisotopic (exact) mass is 273 g/mol. The van der Waals surface area contributed by atoms with Crippen molar-refractivity contribution < 1.29 is 4.79 Å². The predicted octanol–water partition coefficient (Wildman–Crippen LogP) is 1.58. The standard InChI is InChI=1S/C16H23N3O/c1-18(2)13-7-5-9-19(11-13)16(20)15-10-12-6-3-4-8-14(12)17-15/h3-4,6,8,13,15,17H,5,7,9-11H2,1-2H3/t13-,15-/m0/s1. The summed E-state index contributed by atoms with van der Waals surface area (Å²) in [6.07, 6.45) is 3.11. The number of carbonyl (C=O) groups is 1. The lowest BCUT2D eigenvalue weighted by atomic mass is 10.0. The van der Waals surface area contributed by atoms with Gasteiger partial charge < -0.3 is 15.1 Å². The Balaban J connectivity index is 1.66. The van der Waals surface area contributed by atoms with Crippen LogP contribution in [-0.2, 0) is 11.2 Å². The largest absolute Gasteiger partial charge is 0.373 e. The molecule has 2 aliphatic rings. The van der Waals surface area contributed by atoms with Gasteiger partial charge in [0.15, 0.2) is 0 Å². The number of hydrogen-bond acceptors (Lipinski definition) is 3. The number of benzene rings is 1. The van der Waals surface area contributed by atoms with Crippen LogP contribution in [0.2, 0.25) is 0 Å². The minimum absolute atomic E-state index is 0.0756. The highest BCUT2D eigenvalue weighted by Gasteiger charge is 2.32. The minimum atomic E-state index is -0.0756. The molecule has 0 bridgehead atoms. The summed E-state index contributed by atoms with van der Waals surface area (Å²) >= 11 is 0. The van der Waals surface area contributed by atoms with Crippen LogP contribution in [0, 0.1) is 0 Å². The molecule has 2 atom stereocenters. The van der Waals surface area contributed by atoms with Gasteiger partial charge >= 0.3 is 0 Å². The van der Waals surface area contributed by atoms with Crippen LogP contribution in [0.3, 0.4) is 0 Å². The van der Waals surface area contributed by atoms with Crippen LogP contribution in [0.25, 0.3) is 0 Å². The number of fused-ring (bicyclic) bond motifs is 1. The summed E-state index contributed by atoms with van der Waals surface area (Å²) in [5.41, 5.74) is 2.37. The molecule has 1 aromatic carbocycles. The van der Waals surface area contributed by atoms with E-state index in [1.54, 1.807) is 0 Å². The van der Waals surface area contributed by atoms with Crippen LogP contribution < -0.4 is 5.32 Å². The van der Waals surface area contributed by atoms with Gasteiger partial charge in [-0.25, -0.2) is 0 Å². The van der Waals surface area contributed by atoms with Gasteiger partial charge in [0.05, 0.1) is 0 Å². The smallest absolute Gasteiger partial charge is 0.245 e. The van der Waals surface area contributed by atoms with Crippen LogP contribution in [0.1, 0.15) is 18.4 Å². The number of amides is 1. The Morgan fingerprint density at radius 2 is 2.15 bits per heavy atom. The summed E-state index contributed by atoms with van der Waals surface area (Å²) in [5, 5.41) is 3.37. The Morgan fingerprint density at radius 3 is 2.90 bits per heavy atom. The number of rotatable bonds is 2. The number of likely N-dealkylation sites (tertiary alicyclic amines) is 1. The van der Waals surface area contributed by atoms with Gasteiger partial charge in [-0.2, -0.15) is 0 Å². The zero-order valence-electron chi connectivity index (χ0n) is 12.3. The van der Waals surface area contributed by atoms with Crippen LogP contribution in [0.5, 0.6) is 0 Å². The molecule has 20 heavy (non-hydrogen) atoms. The molecule has 4 heteroatoms. The lowest BCUT2D eigenvalue weighted by Gasteiger charge is -2.37. The molecule has 0 aromatic heterocycles. The molecule has 0 spiro atoms. The van der Waals surface area contributed by atoms with E-state index < -0.39 is 0 Å². The molecular weight excluding hydrogens is 250 g/mol. The van der Waals surface area contributed by atoms with Gasteiger partial charge in [0, 0.05) is 31.2 Å². The highest BCUT2D eigenvalue weighted by molar-refractivity contribution is 5.87. The number of anilines is 1. The molecule has 2 heterocycles. The molecule has 108 valence electrons. The number of piperidine rings is 1. The highest BCUT2D eigenvalue weighted by atomic mass is 16.2. The Kier molecular flexibility index (Phi) is 3.66. The Morgan fingerprint density at radius 1 is 1.35 bits per heavy atom. The first-order valence-corrected chi connectivity index (χ1v) is 7.45. The number of para-hydroxylation sites is 1. The van der Waals surface area contributed by atoms with E-state index in [9.17, 15) is 4.79 Å².